The molecule has 3 N–H and O–H groups in total. The molecule has 0 aromatic heterocycles. The van der Waals surface area contributed by atoms with Crippen LogP contribution >= 0.6 is 12.1 Å². The molecule has 0 spiro atoms. The van der Waals surface area contributed by atoms with Crippen LogP contribution in [-0.4, -0.2) is 42.6 Å². The van der Waals surface area contributed by atoms with E-state index < -0.39 is 11.2 Å². The summed E-state index contributed by atoms with van der Waals surface area (Å²) in [6, 6.07) is 5.27. The Morgan fingerprint density at radius 3 is 2.51 bits per heavy atom. The monoisotopic (exact) mass is 564 g/mol. The molecule has 0 radical (unpaired) electrons. The van der Waals surface area contributed by atoms with Gasteiger partial charge >= 0.3 is 0 Å². The number of rotatable bonds is 16. The molecule has 0 bridgehead atoms. The summed E-state index contributed by atoms with van der Waals surface area (Å²) < 4.78 is 25.7. The van der Waals surface area contributed by atoms with Gasteiger partial charge in [0.25, 0.3) is 5.91 Å². The lowest BCUT2D eigenvalue weighted by Gasteiger charge is -2.42. The van der Waals surface area contributed by atoms with Gasteiger partial charge in [0, 0.05) is 31.7 Å². The van der Waals surface area contributed by atoms with E-state index in [1.54, 1.807) is 18.2 Å². The van der Waals surface area contributed by atoms with Crippen LogP contribution in [0.2, 0.25) is 0 Å². The number of allylic oxidation sites excluding steroid dienone is 1. The molecule has 39 heavy (non-hydrogen) atoms. The normalized spacial score (nSPS) is 21.8. The topological polar surface area (TPSA) is 90.7 Å². The smallest absolute Gasteiger partial charge is 0.255 e. The Bertz CT molecular complexity index is 968. The quantitative estimate of drug-likeness (QED) is 0.169. The molecule has 1 saturated carbocycles. The van der Waals surface area contributed by atoms with E-state index in [9.17, 15) is 13.5 Å². The molecular weight excluding hydrogens is 515 g/mol. The van der Waals surface area contributed by atoms with Gasteiger partial charge in [-0.3, -0.25) is 4.79 Å². The number of benzene rings is 1. The maximum atomic E-state index is 13.4. The molecule has 6 nitrogen and oxygen atoms in total. The van der Waals surface area contributed by atoms with Gasteiger partial charge in [-0.2, -0.15) is 3.89 Å². The first-order valence-electron chi connectivity index (χ1n) is 14.1. The molecular formula is C31H49FN2O4S. The van der Waals surface area contributed by atoms with Gasteiger partial charge < -0.3 is 25.3 Å². The Kier molecular flexibility index (Phi) is 13.0. The van der Waals surface area contributed by atoms with Gasteiger partial charge in [0.05, 0.1) is 28.6 Å². The molecule has 1 aliphatic carbocycles. The number of halogens is 1. The summed E-state index contributed by atoms with van der Waals surface area (Å²) >= 11 is 0.215. The minimum Gasteiger partial charge on any atom is -0.490 e. The van der Waals surface area contributed by atoms with E-state index in [2.05, 4.69) is 25.7 Å². The fourth-order valence-electron chi connectivity index (χ4n) is 5.84. The first-order valence-corrected chi connectivity index (χ1v) is 15.0. The third-order valence-corrected chi connectivity index (χ3v) is 7.95. The van der Waals surface area contributed by atoms with Crippen LogP contribution in [0.4, 0.5) is 3.89 Å². The SMILES string of the molecule is C=C(C)CC1C(CC=O)CC(Oc2ccc(CSF)cc2C(=O)NCC(C)(C)OC(C)(C)CN)CC1CCC. The van der Waals surface area contributed by atoms with E-state index >= 15 is 0 Å². The lowest BCUT2D eigenvalue weighted by molar-refractivity contribution is -0.114. The van der Waals surface area contributed by atoms with Crippen LogP contribution in [0, 0.1) is 17.8 Å². The summed E-state index contributed by atoms with van der Waals surface area (Å²) in [5.74, 6) is 1.34. The predicted octanol–water partition coefficient (Wildman–Crippen LogP) is 6.81. The molecule has 4 unspecified atom stereocenters. The zero-order chi connectivity index (χ0) is 29.2. The number of amides is 1. The van der Waals surface area contributed by atoms with Crippen molar-refractivity contribution in [2.75, 3.05) is 13.1 Å². The second-order valence-electron chi connectivity index (χ2n) is 12.3. The summed E-state index contributed by atoms with van der Waals surface area (Å²) in [6.45, 7) is 16.6. The van der Waals surface area contributed by atoms with Crippen LogP contribution in [0.1, 0.15) is 96.0 Å². The lowest BCUT2D eigenvalue weighted by atomic mass is 9.66. The van der Waals surface area contributed by atoms with Crippen molar-refractivity contribution in [3.8, 4) is 5.75 Å². The summed E-state index contributed by atoms with van der Waals surface area (Å²) in [4.78, 5) is 25.0. The van der Waals surface area contributed by atoms with Crippen LogP contribution < -0.4 is 15.8 Å². The Hall–Kier alpha value is -1.90. The maximum Gasteiger partial charge on any atom is 0.255 e. The number of hydrogen-bond donors (Lipinski definition) is 2. The van der Waals surface area contributed by atoms with Crippen molar-refractivity contribution in [1.82, 2.24) is 5.32 Å². The van der Waals surface area contributed by atoms with Gasteiger partial charge in [0.1, 0.15) is 12.0 Å². The molecule has 4 atom stereocenters. The highest BCUT2D eigenvalue weighted by Gasteiger charge is 2.38. The molecule has 8 heteroatoms. The first-order chi connectivity index (χ1) is 18.3. The van der Waals surface area contributed by atoms with Crippen LogP contribution in [0.15, 0.2) is 30.4 Å². The summed E-state index contributed by atoms with van der Waals surface area (Å²) in [6.07, 6.45) is 6.02. The Balaban J connectivity index is 2.28. The maximum absolute atomic E-state index is 13.4. The number of carbonyl (C=O) groups is 2. The van der Waals surface area contributed by atoms with E-state index in [4.69, 9.17) is 15.2 Å². The van der Waals surface area contributed by atoms with Gasteiger partial charge in [0.2, 0.25) is 0 Å². The minimum atomic E-state index is -0.650. The van der Waals surface area contributed by atoms with Crippen LogP contribution in [0.5, 0.6) is 5.75 Å². The van der Waals surface area contributed by atoms with Gasteiger partial charge in [-0.05, 0) is 89.3 Å². The van der Waals surface area contributed by atoms with E-state index in [-0.39, 0.29) is 42.4 Å². The zero-order valence-electron chi connectivity index (χ0n) is 24.7. The molecule has 1 amide bonds. The summed E-state index contributed by atoms with van der Waals surface area (Å²) in [5.41, 5.74) is 6.85. The Morgan fingerprint density at radius 2 is 1.92 bits per heavy atom. The highest BCUT2D eigenvalue weighted by Crippen LogP contribution is 2.43. The lowest BCUT2D eigenvalue weighted by Crippen LogP contribution is -2.48. The highest BCUT2D eigenvalue weighted by atomic mass is 32.2. The molecule has 0 saturated heterocycles. The number of nitrogens with two attached hydrogens (primary N) is 1. The average molecular weight is 565 g/mol. The fourth-order valence-corrected chi connectivity index (χ4v) is 6.14. The minimum absolute atomic E-state index is 0.119. The van der Waals surface area contributed by atoms with Crippen molar-refractivity contribution in [3.63, 3.8) is 0 Å². The summed E-state index contributed by atoms with van der Waals surface area (Å²) in [5, 5.41) is 2.98. The zero-order valence-corrected chi connectivity index (χ0v) is 25.5. The molecule has 1 aromatic rings. The van der Waals surface area contributed by atoms with Gasteiger partial charge in [-0.25, -0.2) is 0 Å². The number of nitrogens with one attached hydrogen (secondary N) is 1. The fraction of sp³-hybridized carbons (Fsp3) is 0.677. The van der Waals surface area contributed by atoms with Gasteiger partial charge in [-0.15, -0.1) is 6.58 Å². The average Bonchev–Trinajstić information content (AvgIpc) is 2.85. The van der Waals surface area contributed by atoms with E-state index in [0.29, 0.717) is 41.7 Å². The number of ether oxygens (including phenoxy) is 2. The first kappa shape index (κ1) is 33.3. The van der Waals surface area contributed by atoms with Gasteiger partial charge in [0.15, 0.2) is 0 Å². The van der Waals surface area contributed by atoms with E-state index in [1.807, 2.05) is 27.7 Å². The van der Waals surface area contributed by atoms with E-state index in [0.717, 1.165) is 44.0 Å². The van der Waals surface area contributed by atoms with Gasteiger partial charge in [-0.1, -0.05) is 31.4 Å². The molecule has 1 aromatic carbocycles. The second kappa shape index (κ2) is 15.2. The third-order valence-electron chi connectivity index (χ3n) is 7.51. The van der Waals surface area contributed by atoms with E-state index in [1.165, 1.54) is 0 Å². The predicted molar refractivity (Wildman–Crippen MR) is 159 cm³/mol. The third kappa shape index (κ3) is 10.5. The Morgan fingerprint density at radius 1 is 1.23 bits per heavy atom. The molecule has 0 aliphatic heterocycles. The summed E-state index contributed by atoms with van der Waals surface area (Å²) in [7, 11) is 0. The largest absolute Gasteiger partial charge is 0.490 e. The molecule has 1 fully saturated rings. The number of aldehydes is 1. The number of carbonyl (C=O) groups excluding carboxylic acids is 2. The molecule has 0 heterocycles. The molecule has 220 valence electrons. The van der Waals surface area contributed by atoms with Crippen LogP contribution in [0.25, 0.3) is 0 Å². The van der Waals surface area contributed by atoms with Crippen molar-refractivity contribution in [3.05, 3.63) is 41.5 Å². The van der Waals surface area contributed by atoms with Crippen molar-refractivity contribution in [2.45, 2.75) is 103 Å². The van der Waals surface area contributed by atoms with Crippen molar-refractivity contribution >= 4 is 24.3 Å². The second-order valence-corrected chi connectivity index (χ2v) is 12.8. The van der Waals surface area contributed by atoms with Crippen molar-refractivity contribution < 1.29 is 22.9 Å². The Labute approximate surface area is 239 Å². The van der Waals surface area contributed by atoms with Crippen LogP contribution in [-0.2, 0) is 15.3 Å². The number of hydrogen-bond acceptors (Lipinski definition) is 6. The van der Waals surface area contributed by atoms with Crippen LogP contribution in [0.3, 0.4) is 0 Å². The highest BCUT2D eigenvalue weighted by molar-refractivity contribution is 7.93. The standard InChI is InChI=1S/C31H49FN2O4S/c1-8-9-23-16-25(17-24(12-13-35)26(23)14-21(2)3)37-28-11-10-22(18-39-32)15-27(28)29(36)34-20-31(6,7)38-30(4,5)19-33/h10-11,13,15,23-26H,2,8-9,12,14,16-20,33H2,1,3-7H3,(H,34,36). The molecule has 1 aliphatic rings. The van der Waals surface area contributed by atoms with Crippen molar-refractivity contribution in [1.29, 1.82) is 0 Å². The molecule has 2 rings (SSSR count). The van der Waals surface area contributed by atoms with Crippen molar-refractivity contribution in [2.24, 2.45) is 23.5 Å².